The zero-order chi connectivity index (χ0) is 12.2. The summed E-state index contributed by atoms with van der Waals surface area (Å²) >= 11 is 0. The molecule has 1 N–H and O–H groups in total. The van der Waals surface area contributed by atoms with E-state index >= 15 is 0 Å². The van der Waals surface area contributed by atoms with Crippen molar-refractivity contribution in [2.75, 3.05) is 26.2 Å². The van der Waals surface area contributed by atoms with Crippen molar-refractivity contribution in [3.8, 4) is 0 Å². The summed E-state index contributed by atoms with van der Waals surface area (Å²) in [5.74, 6) is 0.819. The van der Waals surface area contributed by atoms with Crippen LogP contribution in [-0.2, 0) is 0 Å². The van der Waals surface area contributed by atoms with Crippen molar-refractivity contribution < 1.29 is 0 Å². The van der Waals surface area contributed by atoms with E-state index in [2.05, 4.69) is 36.6 Å². The van der Waals surface area contributed by atoms with Gasteiger partial charge in [0.1, 0.15) is 0 Å². The maximum absolute atomic E-state index is 4.39. The Morgan fingerprint density at radius 2 is 1.62 bits per heavy atom. The zero-order valence-corrected chi connectivity index (χ0v) is 9.86. The average Bonchev–Trinajstić information content (AvgIpc) is 2.29. The topological polar surface area (TPSA) is 27.6 Å². The van der Waals surface area contributed by atoms with E-state index < -0.39 is 0 Å². The lowest BCUT2D eigenvalue weighted by molar-refractivity contribution is 0.491. The lowest BCUT2D eigenvalue weighted by atomic mass is 10.4. The van der Waals surface area contributed by atoms with Crippen LogP contribution in [0, 0.1) is 0 Å². The summed E-state index contributed by atoms with van der Waals surface area (Å²) in [6.07, 6.45) is 7.23. The minimum Gasteiger partial charge on any atom is -0.353 e. The highest BCUT2D eigenvalue weighted by molar-refractivity contribution is 5.80. The molecular weight excluding hydrogens is 198 g/mol. The molecule has 0 aromatic heterocycles. The molecule has 0 atom stereocenters. The van der Waals surface area contributed by atoms with E-state index in [0.29, 0.717) is 13.1 Å². The van der Waals surface area contributed by atoms with Crippen molar-refractivity contribution in [3.05, 3.63) is 50.6 Å². The number of hydrogen-bond donors (Lipinski definition) is 1. The van der Waals surface area contributed by atoms with Crippen molar-refractivity contribution in [2.24, 2.45) is 4.99 Å². The Morgan fingerprint density at radius 3 is 2.06 bits per heavy atom. The van der Waals surface area contributed by atoms with Crippen LogP contribution in [0.5, 0.6) is 0 Å². The largest absolute Gasteiger partial charge is 0.353 e. The maximum atomic E-state index is 4.39. The standard InChI is InChI=1S/C13H21N3/c1-5-9-14-13(15-10-6-2)16(11-7-3)12-8-4/h5-8H,1-4,9-12H2,(H,14,15). The predicted molar refractivity (Wildman–Crippen MR) is 72.7 cm³/mol. The van der Waals surface area contributed by atoms with Crippen LogP contribution in [0.1, 0.15) is 0 Å². The minimum absolute atomic E-state index is 0.588. The molecule has 0 aliphatic rings. The van der Waals surface area contributed by atoms with Gasteiger partial charge < -0.3 is 10.2 Å². The Balaban J connectivity index is 4.62. The van der Waals surface area contributed by atoms with Crippen molar-refractivity contribution in [3.63, 3.8) is 0 Å². The Labute approximate surface area is 98.6 Å². The van der Waals surface area contributed by atoms with Crippen molar-refractivity contribution in [1.82, 2.24) is 10.2 Å². The van der Waals surface area contributed by atoms with Gasteiger partial charge in [0.25, 0.3) is 0 Å². The number of nitrogens with zero attached hydrogens (tertiary/aromatic N) is 2. The third-order valence-corrected chi connectivity index (χ3v) is 1.77. The minimum atomic E-state index is 0.588. The molecule has 0 spiro atoms. The summed E-state index contributed by atoms with van der Waals surface area (Å²) < 4.78 is 0. The van der Waals surface area contributed by atoms with Crippen molar-refractivity contribution in [1.29, 1.82) is 0 Å². The van der Waals surface area contributed by atoms with Gasteiger partial charge >= 0.3 is 0 Å². The van der Waals surface area contributed by atoms with Crippen LogP contribution in [0.2, 0.25) is 0 Å². The summed E-state index contributed by atoms with van der Waals surface area (Å²) in [6.45, 7) is 17.5. The van der Waals surface area contributed by atoms with E-state index in [-0.39, 0.29) is 0 Å². The van der Waals surface area contributed by atoms with Crippen LogP contribution in [0.15, 0.2) is 55.6 Å². The number of guanidine groups is 1. The second-order valence-electron chi connectivity index (χ2n) is 3.10. The maximum Gasteiger partial charge on any atom is 0.195 e. The van der Waals surface area contributed by atoms with E-state index in [4.69, 9.17) is 0 Å². The molecule has 0 amide bonds. The van der Waals surface area contributed by atoms with Gasteiger partial charge in [-0.2, -0.15) is 0 Å². The highest BCUT2D eigenvalue weighted by Gasteiger charge is 2.06. The first kappa shape index (κ1) is 14.2. The first-order chi connectivity index (χ1) is 7.79. The molecule has 3 nitrogen and oxygen atoms in total. The molecule has 0 fully saturated rings. The van der Waals surface area contributed by atoms with Gasteiger partial charge in [-0.1, -0.05) is 24.3 Å². The molecule has 0 saturated heterocycles. The molecule has 3 heteroatoms. The van der Waals surface area contributed by atoms with E-state index in [0.717, 1.165) is 19.0 Å². The SMILES string of the molecule is C=CC/N=C(\NCC=C)N(CC=C)CC=C. The molecular formula is C13H21N3. The van der Waals surface area contributed by atoms with E-state index in [9.17, 15) is 0 Å². The summed E-state index contributed by atoms with van der Waals surface area (Å²) in [4.78, 5) is 6.44. The fourth-order valence-electron chi connectivity index (χ4n) is 1.14. The average molecular weight is 219 g/mol. The molecule has 0 unspecified atom stereocenters. The smallest absolute Gasteiger partial charge is 0.195 e. The normalized spacial score (nSPS) is 10.4. The molecule has 0 bridgehead atoms. The van der Waals surface area contributed by atoms with Gasteiger partial charge in [0, 0.05) is 19.6 Å². The van der Waals surface area contributed by atoms with Crippen LogP contribution in [0.3, 0.4) is 0 Å². The van der Waals surface area contributed by atoms with Crippen LogP contribution < -0.4 is 5.32 Å². The highest BCUT2D eigenvalue weighted by Crippen LogP contribution is 1.92. The Kier molecular flexibility index (Phi) is 8.69. The van der Waals surface area contributed by atoms with Gasteiger partial charge in [0.05, 0.1) is 6.54 Å². The first-order valence-electron chi connectivity index (χ1n) is 5.27. The lowest BCUT2D eigenvalue weighted by Crippen LogP contribution is -2.41. The quantitative estimate of drug-likeness (QED) is 0.384. The van der Waals surface area contributed by atoms with E-state index in [1.54, 1.807) is 12.2 Å². The van der Waals surface area contributed by atoms with E-state index in [1.165, 1.54) is 0 Å². The van der Waals surface area contributed by atoms with Crippen molar-refractivity contribution in [2.45, 2.75) is 0 Å². The Morgan fingerprint density at radius 1 is 1.00 bits per heavy atom. The summed E-state index contributed by atoms with van der Waals surface area (Å²) in [5.41, 5.74) is 0. The van der Waals surface area contributed by atoms with Crippen molar-refractivity contribution >= 4 is 5.96 Å². The molecule has 0 rings (SSSR count). The predicted octanol–water partition coefficient (Wildman–Crippen LogP) is 1.98. The number of nitrogens with one attached hydrogen (secondary N) is 1. The molecule has 0 aromatic rings. The fraction of sp³-hybridized carbons (Fsp3) is 0.308. The highest BCUT2D eigenvalue weighted by atomic mass is 15.3. The second kappa shape index (κ2) is 9.77. The molecule has 16 heavy (non-hydrogen) atoms. The molecule has 88 valence electrons. The molecule has 0 aliphatic carbocycles. The van der Waals surface area contributed by atoms with Gasteiger partial charge in [-0.3, -0.25) is 0 Å². The van der Waals surface area contributed by atoms with Gasteiger partial charge in [-0.15, -0.1) is 26.3 Å². The zero-order valence-electron chi connectivity index (χ0n) is 9.86. The first-order valence-corrected chi connectivity index (χ1v) is 5.27. The van der Waals surface area contributed by atoms with E-state index in [1.807, 2.05) is 17.1 Å². The molecule has 0 radical (unpaired) electrons. The van der Waals surface area contributed by atoms with Crippen LogP contribution in [0.25, 0.3) is 0 Å². The van der Waals surface area contributed by atoms with Gasteiger partial charge in [-0.25, -0.2) is 4.99 Å². The molecule has 0 heterocycles. The molecule has 0 aliphatic heterocycles. The summed E-state index contributed by atoms with van der Waals surface area (Å²) in [5, 5.41) is 3.19. The Bertz CT molecular complexity index is 256. The van der Waals surface area contributed by atoms with Gasteiger partial charge in [-0.05, 0) is 0 Å². The third-order valence-electron chi connectivity index (χ3n) is 1.77. The van der Waals surface area contributed by atoms with Gasteiger partial charge in [0.15, 0.2) is 5.96 Å². The van der Waals surface area contributed by atoms with Crippen LogP contribution in [0.4, 0.5) is 0 Å². The van der Waals surface area contributed by atoms with Gasteiger partial charge in [0.2, 0.25) is 0 Å². The number of rotatable bonds is 8. The molecule has 0 saturated carbocycles. The number of hydrogen-bond acceptors (Lipinski definition) is 1. The summed E-state index contributed by atoms with van der Waals surface area (Å²) in [7, 11) is 0. The van der Waals surface area contributed by atoms with Crippen LogP contribution in [-0.4, -0.2) is 37.0 Å². The molecule has 0 aromatic carbocycles. The third kappa shape index (κ3) is 5.86. The summed E-state index contributed by atoms with van der Waals surface area (Å²) in [6, 6.07) is 0. The van der Waals surface area contributed by atoms with Crippen LogP contribution >= 0.6 is 0 Å². The monoisotopic (exact) mass is 219 g/mol. The lowest BCUT2D eigenvalue weighted by Gasteiger charge is -2.23. The second-order valence-corrected chi connectivity index (χ2v) is 3.10. The number of aliphatic imine (C=N–C) groups is 1. The Hall–Kier alpha value is -1.77. The fourth-order valence-corrected chi connectivity index (χ4v) is 1.14.